The lowest BCUT2D eigenvalue weighted by molar-refractivity contribution is -0.386. The van der Waals surface area contributed by atoms with Gasteiger partial charge in [0.15, 0.2) is 16.2 Å². The van der Waals surface area contributed by atoms with Crippen LogP contribution in [0.1, 0.15) is 0 Å². The second-order valence-corrected chi connectivity index (χ2v) is 2.89. The number of nitrogens with two attached hydrogens (primary N) is 1. The summed E-state index contributed by atoms with van der Waals surface area (Å²) in [6.07, 6.45) is 0. The Morgan fingerprint density at radius 3 is 2.85 bits per heavy atom. The number of nitrogen functional groups attached to an aromatic ring is 1. The summed E-state index contributed by atoms with van der Waals surface area (Å²) in [5, 5.41) is 10.4. The fourth-order valence-electron chi connectivity index (χ4n) is 0.767. The molecule has 70 valence electrons. The van der Waals surface area contributed by atoms with Crippen LogP contribution in [0.25, 0.3) is 0 Å². The highest BCUT2D eigenvalue weighted by Crippen LogP contribution is 2.30. The molecule has 0 unspecified atom stereocenters. The van der Waals surface area contributed by atoms with Gasteiger partial charge in [0.1, 0.15) is 0 Å². The Morgan fingerprint density at radius 2 is 2.38 bits per heavy atom. The van der Waals surface area contributed by atoms with E-state index in [0.717, 1.165) is 0 Å². The molecule has 0 saturated carbocycles. The molecular weight excluding hydrogens is 242 g/mol. The number of hydrogen-bond donors (Lipinski definition) is 1. The van der Waals surface area contributed by atoms with Gasteiger partial charge in [-0.25, -0.2) is 4.98 Å². The van der Waals surface area contributed by atoms with Crippen LogP contribution in [0, 0.1) is 10.1 Å². The zero-order valence-corrected chi connectivity index (χ0v) is 8.24. The number of nitro groups is 1. The van der Waals surface area contributed by atoms with Gasteiger partial charge in [-0.3, -0.25) is 10.1 Å². The van der Waals surface area contributed by atoms with Gasteiger partial charge in [0.2, 0.25) is 0 Å². The molecule has 6 nitrogen and oxygen atoms in total. The van der Waals surface area contributed by atoms with Crippen LogP contribution in [0.5, 0.6) is 5.75 Å². The van der Waals surface area contributed by atoms with Crippen LogP contribution in [0.3, 0.4) is 0 Å². The van der Waals surface area contributed by atoms with E-state index in [9.17, 15) is 10.1 Å². The van der Waals surface area contributed by atoms with Gasteiger partial charge in [0.05, 0.1) is 18.1 Å². The lowest BCUT2D eigenvalue weighted by Gasteiger charge is -2.03. The molecule has 1 aromatic heterocycles. The monoisotopic (exact) mass is 247 g/mol. The van der Waals surface area contributed by atoms with Gasteiger partial charge in [-0.2, -0.15) is 0 Å². The summed E-state index contributed by atoms with van der Waals surface area (Å²) in [7, 11) is 1.37. The average Bonchev–Trinajstić information content (AvgIpc) is 2.03. The number of hydrogen-bond acceptors (Lipinski definition) is 5. The molecular formula is C6H6BrN3O3. The van der Waals surface area contributed by atoms with Crippen molar-refractivity contribution >= 4 is 27.4 Å². The molecule has 1 aromatic rings. The largest absolute Gasteiger partial charge is 0.493 e. The van der Waals surface area contributed by atoms with Crippen molar-refractivity contribution in [2.45, 2.75) is 0 Å². The minimum Gasteiger partial charge on any atom is -0.493 e. The van der Waals surface area contributed by atoms with Crippen molar-refractivity contribution in [3.63, 3.8) is 0 Å². The lowest BCUT2D eigenvalue weighted by atomic mass is 10.4. The third-order valence-electron chi connectivity index (χ3n) is 1.37. The van der Waals surface area contributed by atoms with E-state index >= 15 is 0 Å². The summed E-state index contributed by atoms with van der Waals surface area (Å²) < 4.78 is 4.87. The fraction of sp³-hybridized carbons (Fsp3) is 0.167. The summed E-state index contributed by atoms with van der Waals surface area (Å²) in [5.74, 6) is 0.301. The highest BCUT2D eigenvalue weighted by molar-refractivity contribution is 9.10. The summed E-state index contributed by atoms with van der Waals surface area (Å²) in [6.45, 7) is 0. The maximum absolute atomic E-state index is 10.4. The number of ether oxygens (including phenoxy) is 1. The van der Waals surface area contributed by atoms with Crippen LogP contribution >= 0.6 is 15.9 Å². The molecule has 0 bridgehead atoms. The minimum absolute atomic E-state index is 0.0933. The Balaban J connectivity index is 3.30. The van der Waals surface area contributed by atoms with Crippen LogP contribution in [-0.4, -0.2) is 17.0 Å². The van der Waals surface area contributed by atoms with Crippen molar-refractivity contribution in [3.05, 3.63) is 20.8 Å². The molecule has 2 N–H and O–H groups in total. The molecule has 13 heavy (non-hydrogen) atoms. The standard InChI is InChI=1S/C6H6BrN3O3/c1-13-4-2-3(10(11)12)5(7)9-6(4)8/h2H,1H3,(H2,8,9). The Morgan fingerprint density at radius 1 is 1.77 bits per heavy atom. The highest BCUT2D eigenvalue weighted by Gasteiger charge is 2.16. The maximum Gasteiger partial charge on any atom is 0.305 e. The average molecular weight is 248 g/mol. The third kappa shape index (κ3) is 1.86. The molecule has 0 aliphatic carbocycles. The van der Waals surface area contributed by atoms with Gasteiger partial charge in [0, 0.05) is 0 Å². The number of anilines is 1. The normalized spacial score (nSPS) is 9.69. The molecule has 1 heterocycles. The van der Waals surface area contributed by atoms with Crippen molar-refractivity contribution in [1.29, 1.82) is 0 Å². The summed E-state index contributed by atoms with van der Waals surface area (Å²) in [5.41, 5.74) is 5.24. The first-order valence-corrected chi connectivity index (χ1v) is 4.00. The number of methoxy groups -OCH3 is 1. The van der Waals surface area contributed by atoms with E-state index in [0.29, 0.717) is 0 Å². The number of aromatic nitrogens is 1. The molecule has 0 fully saturated rings. The first kappa shape index (κ1) is 9.72. The quantitative estimate of drug-likeness (QED) is 0.484. The highest BCUT2D eigenvalue weighted by atomic mass is 79.9. The number of halogens is 1. The van der Waals surface area contributed by atoms with Crippen molar-refractivity contribution in [3.8, 4) is 5.75 Å². The summed E-state index contributed by atoms with van der Waals surface area (Å²) in [4.78, 5) is 13.6. The predicted octanol–water partition coefficient (Wildman–Crippen LogP) is 1.34. The minimum atomic E-state index is -0.570. The van der Waals surface area contributed by atoms with Gasteiger partial charge in [-0.05, 0) is 15.9 Å². The zero-order chi connectivity index (χ0) is 10.0. The van der Waals surface area contributed by atoms with Gasteiger partial charge in [-0.1, -0.05) is 0 Å². The van der Waals surface area contributed by atoms with Crippen LogP contribution < -0.4 is 10.5 Å². The van der Waals surface area contributed by atoms with E-state index in [-0.39, 0.29) is 21.9 Å². The van der Waals surface area contributed by atoms with Gasteiger partial charge in [-0.15, -0.1) is 0 Å². The summed E-state index contributed by atoms with van der Waals surface area (Å²) >= 11 is 2.92. The SMILES string of the molecule is COc1cc([N+](=O)[O-])c(Br)nc1N. The van der Waals surface area contributed by atoms with E-state index in [1.807, 2.05) is 0 Å². The van der Waals surface area contributed by atoms with Gasteiger partial charge in [0.25, 0.3) is 0 Å². The number of nitrogens with zero attached hydrogens (tertiary/aromatic N) is 2. The van der Waals surface area contributed by atoms with Crippen LogP contribution in [0.2, 0.25) is 0 Å². The molecule has 0 aliphatic rings. The van der Waals surface area contributed by atoms with Gasteiger partial charge >= 0.3 is 5.69 Å². The molecule has 0 radical (unpaired) electrons. The second-order valence-electron chi connectivity index (χ2n) is 2.14. The zero-order valence-electron chi connectivity index (χ0n) is 6.65. The van der Waals surface area contributed by atoms with Crippen molar-refractivity contribution < 1.29 is 9.66 Å². The lowest BCUT2D eigenvalue weighted by Crippen LogP contribution is -1.99. The predicted molar refractivity (Wildman–Crippen MR) is 49.6 cm³/mol. The van der Waals surface area contributed by atoms with Gasteiger partial charge < -0.3 is 10.5 Å². The topological polar surface area (TPSA) is 91.3 Å². The summed E-state index contributed by atoms with van der Waals surface area (Å²) in [6, 6.07) is 1.21. The Bertz CT molecular complexity index is 355. The van der Waals surface area contributed by atoms with E-state index in [4.69, 9.17) is 10.5 Å². The Kier molecular flexibility index (Phi) is 2.66. The number of pyridine rings is 1. The molecule has 0 aromatic carbocycles. The molecule has 7 heteroatoms. The smallest absolute Gasteiger partial charge is 0.305 e. The molecule has 0 saturated heterocycles. The van der Waals surface area contributed by atoms with E-state index in [2.05, 4.69) is 20.9 Å². The van der Waals surface area contributed by atoms with E-state index in [1.54, 1.807) is 0 Å². The van der Waals surface area contributed by atoms with Crippen molar-refractivity contribution in [2.24, 2.45) is 0 Å². The molecule has 0 aliphatic heterocycles. The first-order chi connectivity index (χ1) is 6.06. The molecule has 0 atom stereocenters. The van der Waals surface area contributed by atoms with Crippen LogP contribution in [-0.2, 0) is 0 Å². The molecule has 0 spiro atoms. The molecule has 0 amide bonds. The van der Waals surface area contributed by atoms with Crippen molar-refractivity contribution in [1.82, 2.24) is 4.98 Å². The van der Waals surface area contributed by atoms with Crippen LogP contribution in [0.4, 0.5) is 11.5 Å². The first-order valence-electron chi connectivity index (χ1n) is 3.20. The second kappa shape index (κ2) is 3.56. The van der Waals surface area contributed by atoms with Crippen LogP contribution in [0.15, 0.2) is 10.7 Å². The Hall–Kier alpha value is -1.37. The van der Waals surface area contributed by atoms with Crippen molar-refractivity contribution in [2.75, 3.05) is 12.8 Å². The third-order valence-corrected chi connectivity index (χ3v) is 1.95. The molecule has 1 rings (SSSR count). The Labute approximate surface area is 82.0 Å². The fourth-order valence-corrected chi connectivity index (χ4v) is 1.22. The number of rotatable bonds is 2. The van der Waals surface area contributed by atoms with E-state index < -0.39 is 4.92 Å². The maximum atomic E-state index is 10.4. The van der Waals surface area contributed by atoms with E-state index in [1.165, 1.54) is 13.2 Å².